The van der Waals surface area contributed by atoms with Crippen molar-refractivity contribution in [2.45, 2.75) is 59.8 Å². The van der Waals surface area contributed by atoms with E-state index in [1.807, 2.05) is 0 Å². The largest absolute Gasteiger partial charge is 0.291 e. The van der Waals surface area contributed by atoms with E-state index in [0.29, 0.717) is 51.8 Å². The Hall–Kier alpha value is -2.89. The number of carbonyl (C=O) groups is 2. The second-order valence-electron chi connectivity index (χ2n) is 10.7. The summed E-state index contributed by atoms with van der Waals surface area (Å²) in [5.74, 6) is 0.778. The molecule has 3 aromatic rings. The van der Waals surface area contributed by atoms with Crippen LogP contribution in [0.25, 0.3) is 16.7 Å². The number of ketones is 2. The van der Waals surface area contributed by atoms with Crippen molar-refractivity contribution >= 4 is 28.2 Å². The van der Waals surface area contributed by atoms with E-state index in [-0.39, 0.29) is 22.4 Å². The van der Waals surface area contributed by atoms with E-state index in [1.165, 1.54) is 18.3 Å². The average molecular weight is 429 g/mol. The molecule has 0 radical (unpaired) electrons. The summed E-state index contributed by atoms with van der Waals surface area (Å²) in [5.41, 5.74) is 4.73. The third kappa shape index (κ3) is 2.33. The molecule has 3 aliphatic carbocycles. The maximum Gasteiger partial charge on any atom is 0.206 e. The normalized spacial score (nSPS) is 32.8. The Morgan fingerprint density at radius 1 is 1.16 bits per heavy atom. The number of nitrogens with zero attached hydrogens (tertiary/aromatic N) is 4. The van der Waals surface area contributed by atoms with Crippen molar-refractivity contribution in [3.8, 4) is 0 Å². The van der Waals surface area contributed by atoms with Crippen molar-refractivity contribution in [1.29, 1.82) is 0 Å². The number of hydrogen-bond acceptors (Lipinski definition) is 5. The topological polar surface area (TPSA) is 77.2 Å². The van der Waals surface area contributed by atoms with Crippen molar-refractivity contribution in [3.05, 3.63) is 47.2 Å². The number of rotatable bonds is 2. The van der Waals surface area contributed by atoms with Crippen LogP contribution < -0.4 is 0 Å². The Labute approximate surface area is 187 Å². The third-order valence-electron chi connectivity index (χ3n) is 9.28. The van der Waals surface area contributed by atoms with E-state index >= 15 is 0 Å². The highest BCUT2D eigenvalue weighted by Crippen LogP contribution is 2.62. The van der Waals surface area contributed by atoms with E-state index in [0.717, 1.165) is 19.3 Å². The molecule has 3 aromatic heterocycles. The summed E-state index contributed by atoms with van der Waals surface area (Å²) >= 11 is 0. The molecule has 164 valence electrons. The van der Waals surface area contributed by atoms with Gasteiger partial charge in [0.1, 0.15) is 29.4 Å². The fraction of sp³-hybridized carbons (Fsp3) is 0.500. The minimum absolute atomic E-state index is 0.0438. The molecule has 6 rings (SSSR count). The fourth-order valence-corrected chi connectivity index (χ4v) is 7.10. The Morgan fingerprint density at radius 2 is 1.97 bits per heavy atom. The van der Waals surface area contributed by atoms with Crippen molar-refractivity contribution in [3.63, 3.8) is 0 Å². The van der Waals surface area contributed by atoms with Crippen molar-refractivity contribution in [2.24, 2.45) is 22.7 Å². The Bertz CT molecular complexity index is 1370. The van der Waals surface area contributed by atoms with Crippen LogP contribution in [-0.2, 0) is 0 Å². The standard InChI is InChI=1S/C26H28N4O2/c1-14-6-5-7-18-25(14,3)9-8-15(2)26(18,4)11-16-10-17(31)19-20-22-24(28-12-27-20)29-13-30(22)21(19)23(16)32/h6,10,12-13,15,18H,5,7-9,11H2,1-4H3/t15-,18+,25+,26+/m0/s1. The van der Waals surface area contributed by atoms with E-state index in [2.05, 4.69) is 48.7 Å². The lowest BCUT2D eigenvalue weighted by molar-refractivity contribution is -0.0407. The molecule has 0 saturated heterocycles. The first-order valence-corrected chi connectivity index (χ1v) is 11.7. The summed E-state index contributed by atoms with van der Waals surface area (Å²) in [6.07, 6.45) is 12.2. The molecule has 0 bridgehead atoms. The number of Topliss-reactive ketones (excluding diaryl/α,β-unsaturated/α-hetero) is 1. The molecular weight excluding hydrogens is 400 g/mol. The van der Waals surface area contributed by atoms with Crippen molar-refractivity contribution in [1.82, 2.24) is 19.4 Å². The van der Waals surface area contributed by atoms with Gasteiger partial charge in [-0.3, -0.25) is 14.0 Å². The maximum atomic E-state index is 13.8. The van der Waals surface area contributed by atoms with Gasteiger partial charge in [-0.25, -0.2) is 15.0 Å². The minimum Gasteiger partial charge on any atom is -0.291 e. The molecule has 4 atom stereocenters. The van der Waals surface area contributed by atoms with Crippen molar-refractivity contribution < 1.29 is 9.59 Å². The fourth-order valence-electron chi connectivity index (χ4n) is 7.10. The molecular formula is C26H28N4O2. The molecule has 0 N–H and O–H groups in total. The van der Waals surface area contributed by atoms with Gasteiger partial charge in [-0.05, 0) is 67.8 Å². The predicted molar refractivity (Wildman–Crippen MR) is 122 cm³/mol. The SMILES string of the molecule is CC1=CCC[C@H]2[C@](C)(CC3=CC(=O)c4c(n5cnc6ncnc4c65)C3=O)[C@@H](C)CC[C@]12C. The first kappa shape index (κ1) is 19.8. The molecule has 0 spiro atoms. The van der Waals surface area contributed by atoms with E-state index in [4.69, 9.17) is 0 Å². The molecule has 0 aliphatic heterocycles. The highest BCUT2D eigenvalue weighted by atomic mass is 16.1. The van der Waals surface area contributed by atoms with Crippen LogP contribution in [0.3, 0.4) is 0 Å². The third-order valence-corrected chi connectivity index (χ3v) is 9.28. The lowest BCUT2D eigenvalue weighted by Gasteiger charge is -2.58. The van der Waals surface area contributed by atoms with Crippen LogP contribution in [0, 0.1) is 22.7 Å². The minimum atomic E-state index is -0.132. The van der Waals surface area contributed by atoms with Gasteiger partial charge in [0.25, 0.3) is 0 Å². The number of imidazole rings is 1. The van der Waals surface area contributed by atoms with Gasteiger partial charge < -0.3 is 0 Å². The van der Waals surface area contributed by atoms with Gasteiger partial charge in [-0.15, -0.1) is 0 Å². The highest BCUT2D eigenvalue weighted by molar-refractivity contribution is 6.29. The van der Waals surface area contributed by atoms with Crippen LogP contribution >= 0.6 is 0 Å². The van der Waals surface area contributed by atoms with Gasteiger partial charge in [0.05, 0.1) is 5.56 Å². The molecule has 0 aromatic carbocycles. The number of hydrogen-bond donors (Lipinski definition) is 0. The number of carbonyl (C=O) groups excluding carboxylic acids is 2. The average Bonchev–Trinajstić information content (AvgIpc) is 3.34. The zero-order valence-electron chi connectivity index (χ0n) is 19.1. The second-order valence-corrected chi connectivity index (χ2v) is 10.7. The molecule has 3 aliphatic rings. The zero-order valence-corrected chi connectivity index (χ0v) is 19.1. The van der Waals surface area contributed by atoms with Gasteiger partial charge >= 0.3 is 0 Å². The van der Waals surface area contributed by atoms with E-state index in [1.54, 1.807) is 16.8 Å². The summed E-state index contributed by atoms with van der Waals surface area (Å²) in [5, 5.41) is 0. The lowest BCUT2D eigenvalue weighted by atomic mass is 9.46. The van der Waals surface area contributed by atoms with Crippen LogP contribution in [0.5, 0.6) is 0 Å². The summed E-state index contributed by atoms with van der Waals surface area (Å²) in [4.78, 5) is 39.9. The smallest absolute Gasteiger partial charge is 0.206 e. The summed E-state index contributed by atoms with van der Waals surface area (Å²) < 4.78 is 1.72. The van der Waals surface area contributed by atoms with Gasteiger partial charge in [0.2, 0.25) is 5.78 Å². The van der Waals surface area contributed by atoms with Crippen LogP contribution in [-0.4, -0.2) is 30.9 Å². The first-order chi connectivity index (χ1) is 15.3. The van der Waals surface area contributed by atoms with Gasteiger partial charge in [-0.2, -0.15) is 0 Å². The number of fused-ring (bicyclic) bond motifs is 4. The lowest BCUT2D eigenvalue weighted by Crippen LogP contribution is -2.50. The van der Waals surface area contributed by atoms with E-state index in [9.17, 15) is 9.59 Å². The second kappa shape index (κ2) is 6.33. The monoisotopic (exact) mass is 428 g/mol. The maximum absolute atomic E-state index is 13.8. The zero-order chi connectivity index (χ0) is 22.4. The molecule has 0 amide bonds. The van der Waals surface area contributed by atoms with Crippen molar-refractivity contribution in [2.75, 3.05) is 0 Å². The van der Waals surface area contributed by atoms with E-state index < -0.39 is 0 Å². The molecule has 6 heteroatoms. The number of allylic oxidation sites excluding steroid dienone is 4. The quantitative estimate of drug-likeness (QED) is 0.524. The Morgan fingerprint density at radius 3 is 2.78 bits per heavy atom. The van der Waals surface area contributed by atoms with Crippen LogP contribution in [0.2, 0.25) is 0 Å². The summed E-state index contributed by atoms with van der Waals surface area (Å²) in [7, 11) is 0. The van der Waals surface area contributed by atoms with Gasteiger partial charge in [-0.1, -0.05) is 32.4 Å². The molecule has 1 fully saturated rings. The molecule has 6 nitrogen and oxygen atoms in total. The summed E-state index contributed by atoms with van der Waals surface area (Å²) in [6.45, 7) is 9.36. The molecule has 1 saturated carbocycles. The Kier molecular flexibility index (Phi) is 3.91. The molecule has 3 heterocycles. The van der Waals surface area contributed by atoms with Crippen LogP contribution in [0.4, 0.5) is 0 Å². The van der Waals surface area contributed by atoms with Crippen LogP contribution in [0.1, 0.15) is 80.6 Å². The molecule has 32 heavy (non-hydrogen) atoms. The van der Waals surface area contributed by atoms with Gasteiger partial charge in [0, 0.05) is 5.57 Å². The first-order valence-electron chi connectivity index (χ1n) is 11.7. The predicted octanol–water partition coefficient (Wildman–Crippen LogP) is 5.21. The molecule has 0 unspecified atom stereocenters. The summed E-state index contributed by atoms with van der Waals surface area (Å²) in [6, 6.07) is 0. The van der Waals surface area contributed by atoms with Crippen LogP contribution in [0.15, 0.2) is 36.0 Å². The highest BCUT2D eigenvalue weighted by Gasteiger charge is 2.54. The number of aromatic nitrogens is 4. The van der Waals surface area contributed by atoms with Gasteiger partial charge in [0.15, 0.2) is 11.4 Å². The Balaban J connectivity index is 1.45.